The molecule has 0 heterocycles. The first-order valence-electron chi connectivity index (χ1n) is 12.5. The van der Waals surface area contributed by atoms with Crippen molar-refractivity contribution in [1.29, 1.82) is 0 Å². The largest absolute Gasteiger partial charge is 0.573 e. The Morgan fingerprint density at radius 2 is 1.48 bits per heavy atom. The highest BCUT2D eigenvalue weighted by atomic mass is 35.5. The molecule has 3 aromatic carbocycles. The van der Waals surface area contributed by atoms with Gasteiger partial charge in [-0.05, 0) is 56.7 Å². The van der Waals surface area contributed by atoms with E-state index in [1.165, 1.54) is 12.1 Å². The quantitative estimate of drug-likeness (QED) is 0.230. The summed E-state index contributed by atoms with van der Waals surface area (Å²) in [6.45, 7) is 5.05. The molecule has 0 aromatic heterocycles. The Bertz CT molecular complexity index is 1460. The number of carbonyl (C=O) groups excluding carboxylic acids is 4. The normalized spacial score (nSPS) is 12.1. The number of nitrogens with one attached hydrogen (secondary N) is 3. The van der Waals surface area contributed by atoms with Gasteiger partial charge in [0, 0.05) is 11.4 Å². The first kappa shape index (κ1) is 31.9. The number of hydrogen-bond acceptors (Lipinski definition) is 6. The number of alkyl halides is 3. The first-order chi connectivity index (χ1) is 19.6. The third-order valence-electron chi connectivity index (χ3n) is 5.33. The molecule has 0 spiro atoms. The van der Waals surface area contributed by atoms with Crippen LogP contribution in [0.4, 0.5) is 24.5 Å². The van der Waals surface area contributed by atoms with E-state index in [1.54, 1.807) is 63.2 Å². The van der Waals surface area contributed by atoms with Gasteiger partial charge in [0.2, 0.25) is 5.91 Å². The van der Waals surface area contributed by atoms with E-state index in [1.807, 2.05) is 5.32 Å². The Balaban J connectivity index is 1.83. The standard InChI is InChI=1S/C29H27ClF3N3O6/c1-28(2,3)42-27(40)19-11-7-8-12-20(19)34-24(37)22(15-17-9-5-4-6-10-17)36-26(39)25(38)35-21-16-18(30)13-14-23(21)41-29(31,32)33/h4-14,16,22H,15H2,1-3H3,(H,34,37)(H,35,38)(H,36,39). The van der Waals surface area contributed by atoms with Crippen molar-refractivity contribution in [1.82, 2.24) is 5.32 Å². The van der Waals surface area contributed by atoms with Crippen molar-refractivity contribution >= 4 is 46.7 Å². The smallest absolute Gasteiger partial charge is 0.456 e. The summed E-state index contributed by atoms with van der Waals surface area (Å²) in [6.07, 6.45) is -5.15. The predicted molar refractivity (Wildman–Crippen MR) is 149 cm³/mol. The summed E-state index contributed by atoms with van der Waals surface area (Å²) < 4.78 is 47.7. The second-order valence-corrected chi connectivity index (χ2v) is 10.3. The molecule has 0 aliphatic heterocycles. The van der Waals surface area contributed by atoms with Crippen LogP contribution in [0.15, 0.2) is 72.8 Å². The highest BCUT2D eigenvalue weighted by molar-refractivity contribution is 6.40. The van der Waals surface area contributed by atoms with Crippen molar-refractivity contribution in [3.05, 3.63) is 88.9 Å². The zero-order chi connectivity index (χ0) is 31.1. The van der Waals surface area contributed by atoms with Gasteiger partial charge in [0.1, 0.15) is 11.6 Å². The summed E-state index contributed by atoms with van der Waals surface area (Å²) in [5.41, 5.74) is -0.549. The summed E-state index contributed by atoms with van der Waals surface area (Å²) in [4.78, 5) is 51.6. The van der Waals surface area contributed by atoms with Gasteiger partial charge in [-0.25, -0.2) is 4.79 Å². The monoisotopic (exact) mass is 605 g/mol. The third kappa shape index (κ3) is 9.81. The van der Waals surface area contributed by atoms with Crippen molar-refractivity contribution in [3.63, 3.8) is 0 Å². The van der Waals surface area contributed by atoms with E-state index >= 15 is 0 Å². The molecule has 3 amide bonds. The Hall–Kier alpha value is -4.58. The summed E-state index contributed by atoms with van der Waals surface area (Å²) in [7, 11) is 0. The predicted octanol–water partition coefficient (Wildman–Crippen LogP) is 5.50. The van der Waals surface area contributed by atoms with E-state index in [0.29, 0.717) is 5.56 Å². The van der Waals surface area contributed by atoms with Crippen LogP contribution in [0.25, 0.3) is 0 Å². The molecule has 42 heavy (non-hydrogen) atoms. The molecule has 13 heteroatoms. The van der Waals surface area contributed by atoms with Crippen LogP contribution >= 0.6 is 11.6 Å². The Morgan fingerprint density at radius 1 is 0.833 bits per heavy atom. The Labute approximate surface area is 244 Å². The Morgan fingerprint density at radius 3 is 2.12 bits per heavy atom. The van der Waals surface area contributed by atoms with E-state index < -0.39 is 53.1 Å². The van der Waals surface area contributed by atoms with Crippen molar-refractivity contribution in [3.8, 4) is 5.75 Å². The minimum Gasteiger partial charge on any atom is -0.456 e. The van der Waals surface area contributed by atoms with Crippen LogP contribution in [0, 0.1) is 0 Å². The molecule has 3 N–H and O–H groups in total. The second-order valence-electron chi connectivity index (χ2n) is 9.89. The lowest BCUT2D eigenvalue weighted by Gasteiger charge is -2.22. The molecule has 1 atom stereocenters. The van der Waals surface area contributed by atoms with Crippen LogP contribution in [0.2, 0.25) is 5.02 Å². The molecular formula is C29H27ClF3N3O6. The Kier molecular flexibility index (Phi) is 10.2. The van der Waals surface area contributed by atoms with E-state index in [4.69, 9.17) is 16.3 Å². The molecular weight excluding hydrogens is 579 g/mol. The summed E-state index contributed by atoms with van der Waals surface area (Å²) >= 11 is 5.84. The lowest BCUT2D eigenvalue weighted by Crippen LogP contribution is -2.49. The number of rotatable bonds is 8. The maximum atomic E-state index is 13.4. The van der Waals surface area contributed by atoms with E-state index in [9.17, 15) is 32.3 Å². The second kappa shape index (κ2) is 13.4. The SMILES string of the molecule is CC(C)(C)OC(=O)c1ccccc1NC(=O)C(Cc1ccccc1)NC(=O)C(=O)Nc1cc(Cl)ccc1OC(F)(F)F. The van der Waals surface area contributed by atoms with E-state index in [2.05, 4.69) is 15.4 Å². The van der Waals surface area contributed by atoms with Crippen LogP contribution in [-0.2, 0) is 25.5 Å². The number of amides is 3. The number of para-hydroxylation sites is 1. The van der Waals surface area contributed by atoms with Gasteiger partial charge in [-0.2, -0.15) is 0 Å². The molecule has 0 saturated heterocycles. The highest BCUT2D eigenvalue weighted by Gasteiger charge is 2.33. The van der Waals surface area contributed by atoms with E-state index in [0.717, 1.165) is 18.2 Å². The first-order valence-corrected chi connectivity index (χ1v) is 12.8. The summed E-state index contributed by atoms with van der Waals surface area (Å²) in [5.74, 6) is -4.99. The zero-order valence-corrected chi connectivity index (χ0v) is 23.4. The molecule has 0 aliphatic rings. The third-order valence-corrected chi connectivity index (χ3v) is 5.57. The summed E-state index contributed by atoms with van der Waals surface area (Å²) in [5, 5.41) is 6.87. The molecule has 0 radical (unpaired) electrons. The van der Waals surface area contributed by atoms with Crippen molar-refractivity contribution in [2.24, 2.45) is 0 Å². The van der Waals surface area contributed by atoms with Crippen LogP contribution in [0.1, 0.15) is 36.7 Å². The summed E-state index contributed by atoms with van der Waals surface area (Å²) in [6, 6.07) is 16.2. The van der Waals surface area contributed by atoms with Crippen LogP contribution in [0.5, 0.6) is 5.75 Å². The van der Waals surface area contributed by atoms with Gasteiger partial charge in [0.15, 0.2) is 5.75 Å². The van der Waals surface area contributed by atoms with Crippen molar-refractivity contribution in [2.75, 3.05) is 10.6 Å². The van der Waals surface area contributed by atoms with Gasteiger partial charge in [0.25, 0.3) is 0 Å². The molecule has 0 saturated carbocycles. The number of benzene rings is 3. The molecule has 3 aromatic rings. The highest BCUT2D eigenvalue weighted by Crippen LogP contribution is 2.32. The van der Waals surface area contributed by atoms with Gasteiger partial charge in [0.05, 0.1) is 16.9 Å². The average Bonchev–Trinajstić information content (AvgIpc) is 2.89. The van der Waals surface area contributed by atoms with E-state index in [-0.39, 0.29) is 22.7 Å². The van der Waals surface area contributed by atoms with Gasteiger partial charge in [-0.1, -0.05) is 54.1 Å². The molecule has 0 bridgehead atoms. The van der Waals surface area contributed by atoms with Gasteiger partial charge >= 0.3 is 24.1 Å². The number of hydrogen-bond donors (Lipinski definition) is 3. The van der Waals surface area contributed by atoms with Crippen LogP contribution in [0.3, 0.4) is 0 Å². The number of esters is 1. The molecule has 3 rings (SSSR count). The topological polar surface area (TPSA) is 123 Å². The van der Waals surface area contributed by atoms with Gasteiger partial charge in [-0.15, -0.1) is 13.2 Å². The van der Waals surface area contributed by atoms with Gasteiger partial charge in [-0.3, -0.25) is 14.4 Å². The minimum atomic E-state index is -5.08. The van der Waals surface area contributed by atoms with Crippen LogP contribution < -0.4 is 20.7 Å². The minimum absolute atomic E-state index is 0.0368. The van der Waals surface area contributed by atoms with Crippen LogP contribution in [-0.4, -0.2) is 41.7 Å². The maximum Gasteiger partial charge on any atom is 0.573 e. The number of ether oxygens (including phenoxy) is 2. The molecule has 0 aliphatic carbocycles. The molecule has 0 fully saturated rings. The number of anilines is 2. The molecule has 1 unspecified atom stereocenters. The number of halogens is 4. The van der Waals surface area contributed by atoms with Crippen molar-refractivity contribution in [2.45, 2.75) is 45.2 Å². The fourth-order valence-electron chi connectivity index (χ4n) is 3.60. The fourth-order valence-corrected chi connectivity index (χ4v) is 3.77. The molecule has 9 nitrogen and oxygen atoms in total. The lowest BCUT2D eigenvalue weighted by molar-refractivity contribution is -0.274. The lowest BCUT2D eigenvalue weighted by atomic mass is 10.0. The fraction of sp³-hybridized carbons (Fsp3) is 0.241. The average molecular weight is 606 g/mol. The zero-order valence-electron chi connectivity index (χ0n) is 22.7. The molecule has 222 valence electrons. The number of carbonyl (C=O) groups is 4. The maximum absolute atomic E-state index is 13.4. The van der Waals surface area contributed by atoms with Crippen molar-refractivity contribution < 1.29 is 41.8 Å². The van der Waals surface area contributed by atoms with Gasteiger partial charge < -0.3 is 25.4 Å².